The highest BCUT2D eigenvalue weighted by Gasteiger charge is 2.40. The molecule has 1 aliphatic carbocycles. The lowest BCUT2D eigenvalue weighted by Gasteiger charge is -2.49. The molecule has 1 aromatic heterocycles. The van der Waals surface area contributed by atoms with Gasteiger partial charge in [0.05, 0.1) is 5.56 Å². The van der Waals surface area contributed by atoms with Crippen molar-refractivity contribution in [3.63, 3.8) is 0 Å². The molecule has 1 aliphatic rings. The normalized spacial score (nSPS) is 16.9. The molecule has 2 rings (SSSR count). The summed E-state index contributed by atoms with van der Waals surface area (Å²) < 4.78 is 0. The fourth-order valence-electron chi connectivity index (χ4n) is 2.99. The predicted octanol–water partition coefficient (Wildman–Crippen LogP) is 1.94. The number of rotatable bonds is 5. The van der Waals surface area contributed by atoms with Crippen LogP contribution in [0.4, 0.5) is 5.82 Å². The first-order valence-electron chi connectivity index (χ1n) is 7.01. The average Bonchev–Trinajstić information content (AvgIpc) is 2.32. The standard InChI is InChI=1S/C15H24N4S/c1-11-6-9-17-14(12(11)13(16)20)19(4)10-15(18(2)3)7-5-8-15/h6,9H,5,7-8,10H2,1-4H3,(H2,16,20). The van der Waals surface area contributed by atoms with Crippen LogP contribution in [0, 0.1) is 6.92 Å². The number of likely N-dealkylation sites (N-methyl/N-ethyl adjacent to an activating group) is 2. The van der Waals surface area contributed by atoms with Gasteiger partial charge in [0.2, 0.25) is 0 Å². The van der Waals surface area contributed by atoms with Gasteiger partial charge in [-0.05, 0) is 51.9 Å². The van der Waals surface area contributed by atoms with Crippen molar-refractivity contribution in [2.75, 3.05) is 32.6 Å². The second kappa shape index (κ2) is 5.66. The van der Waals surface area contributed by atoms with Crippen molar-refractivity contribution < 1.29 is 0 Å². The van der Waals surface area contributed by atoms with Gasteiger partial charge in [0.25, 0.3) is 0 Å². The molecule has 0 aliphatic heterocycles. The minimum Gasteiger partial charge on any atom is -0.389 e. The Morgan fingerprint density at radius 3 is 2.50 bits per heavy atom. The number of aromatic nitrogens is 1. The van der Waals surface area contributed by atoms with E-state index in [0.717, 1.165) is 23.5 Å². The van der Waals surface area contributed by atoms with Gasteiger partial charge in [0, 0.05) is 25.3 Å². The molecule has 1 fully saturated rings. The maximum atomic E-state index is 5.88. The zero-order valence-corrected chi connectivity index (χ0v) is 13.6. The summed E-state index contributed by atoms with van der Waals surface area (Å²) in [5.74, 6) is 0.894. The monoisotopic (exact) mass is 292 g/mol. The smallest absolute Gasteiger partial charge is 0.138 e. The minimum absolute atomic E-state index is 0.258. The second-order valence-corrected chi connectivity index (χ2v) is 6.46. The summed E-state index contributed by atoms with van der Waals surface area (Å²) in [7, 11) is 6.39. The van der Waals surface area contributed by atoms with Crippen LogP contribution in [0.1, 0.15) is 30.4 Å². The lowest BCUT2D eigenvalue weighted by Crippen LogP contribution is -2.57. The average molecular weight is 292 g/mol. The SMILES string of the molecule is Cc1ccnc(N(C)CC2(N(C)C)CCC2)c1C(N)=S. The first-order valence-corrected chi connectivity index (χ1v) is 7.42. The van der Waals surface area contributed by atoms with Crippen LogP contribution < -0.4 is 10.6 Å². The summed E-state index contributed by atoms with van der Waals surface area (Å²) in [6.45, 7) is 2.98. The van der Waals surface area contributed by atoms with Gasteiger partial charge in [0.1, 0.15) is 10.8 Å². The minimum atomic E-state index is 0.258. The fourth-order valence-corrected chi connectivity index (χ4v) is 3.24. The van der Waals surface area contributed by atoms with Crippen molar-refractivity contribution >= 4 is 23.0 Å². The van der Waals surface area contributed by atoms with Gasteiger partial charge in [-0.15, -0.1) is 0 Å². The third-order valence-electron chi connectivity index (χ3n) is 4.51. The predicted molar refractivity (Wildman–Crippen MR) is 88.4 cm³/mol. The summed E-state index contributed by atoms with van der Waals surface area (Å²) in [4.78, 5) is 9.46. The number of aryl methyl sites for hydroxylation is 1. The lowest BCUT2D eigenvalue weighted by atomic mass is 9.75. The number of pyridine rings is 1. The Balaban J connectivity index is 2.28. The molecule has 1 aromatic rings. The maximum absolute atomic E-state index is 5.88. The molecule has 5 heteroatoms. The summed E-state index contributed by atoms with van der Waals surface area (Å²) in [5.41, 5.74) is 8.12. The quantitative estimate of drug-likeness (QED) is 0.840. The Kier molecular flexibility index (Phi) is 4.30. The van der Waals surface area contributed by atoms with Crippen LogP contribution in [-0.4, -0.2) is 48.1 Å². The molecular weight excluding hydrogens is 268 g/mol. The van der Waals surface area contributed by atoms with Crippen LogP contribution >= 0.6 is 12.2 Å². The number of thiocarbonyl (C=S) groups is 1. The van der Waals surface area contributed by atoms with E-state index in [2.05, 4.69) is 35.9 Å². The highest BCUT2D eigenvalue weighted by atomic mass is 32.1. The van der Waals surface area contributed by atoms with Crippen LogP contribution in [-0.2, 0) is 0 Å². The second-order valence-electron chi connectivity index (χ2n) is 6.02. The van der Waals surface area contributed by atoms with Crippen molar-refractivity contribution in [2.45, 2.75) is 31.7 Å². The molecular formula is C15H24N4S. The van der Waals surface area contributed by atoms with Gasteiger partial charge < -0.3 is 15.5 Å². The fraction of sp³-hybridized carbons (Fsp3) is 0.600. The number of nitrogens with two attached hydrogens (primary N) is 1. The van der Waals surface area contributed by atoms with Crippen molar-refractivity contribution in [2.24, 2.45) is 5.73 Å². The first kappa shape index (κ1) is 15.2. The van der Waals surface area contributed by atoms with E-state index in [1.165, 1.54) is 19.3 Å². The molecule has 0 spiro atoms. The van der Waals surface area contributed by atoms with E-state index in [1.807, 2.05) is 19.2 Å². The summed E-state index contributed by atoms with van der Waals surface area (Å²) in [6, 6.07) is 1.96. The van der Waals surface area contributed by atoms with E-state index < -0.39 is 0 Å². The number of hydrogen-bond acceptors (Lipinski definition) is 4. The van der Waals surface area contributed by atoms with Crippen LogP contribution in [0.5, 0.6) is 0 Å². The molecule has 0 unspecified atom stereocenters. The molecule has 1 saturated carbocycles. The zero-order valence-electron chi connectivity index (χ0n) is 12.8. The van der Waals surface area contributed by atoms with E-state index >= 15 is 0 Å². The van der Waals surface area contributed by atoms with E-state index in [4.69, 9.17) is 18.0 Å². The van der Waals surface area contributed by atoms with Gasteiger partial charge in [-0.3, -0.25) is 0 Å². The molecule has 0 bridgehead atoms. The van der Waals surface area contributed by atoms with Crippen molar-refractivity contribution in [3.05, 3.63) is 23.4 Å². The zero-order chi connectivity index (χ0) is 14.9. The Morgan fingerprint density at radius 1 is 1.40 bits per heavy atom. The number of anilines is 1. The lowest BCUT2D eigenvalue weighted by molar-refractivity contribution is 0.0682. The van der Waals surface area contributed by atoms with Crippen LogP contribution in [0.3, 0.4) is 0 Å². The number of hydrogen-bond donors (Lipinski definition) is 1. The molecule has 0 radical (unpaired) electrons. The molecule has 0 saturated heterocycles. The largest absolute Gasteiger partial charge is 0.389 e. The van der Waals surface area contributed by atoms with Crippen molar-refractivity contribution in [3.8, 4) is 0 Å². The molecule has 0 atom stereocenters. The molecule has 2 N–H and O–H groups in total. The Morgan fingerprint density at radius 2 is 2.05 bits per heavy atom. The third kappa shape index (κ3) is 2.65. The van der Waals surface area contributed by atoms with Gasteiger partial charge in [-0.25, -0.2) is 4.98 Å². The van der Waals surface area contributed by atoms with E-state index in [0.29, 0.717) is 4.99 Å². The molecule has 0 amide bonds. The van der Waals surface area contributed by atoms with Crippen molar-refractivity contribution in [1.82, 2.24) is 9.88 Å². The van der Waals surface area contributed by atoms with E-state index in [-0.39, 0.29) is 5.54 Å². The van der Waals surface area contributed by atoms with Crippen LogP contribution in [0.25, 0.3) is 0 Å². The van der Waals surface area contributed by atoms with E-state index in [1.54, 1.807) is 0 Å². The molecule has 1 heterocycles. The Labute approximate surface area is 127 Å². The highest BCUT2D eigenvalue weighted by molar-refractivity contribution is 7.80. The summed E-state index contributed by atoms with van der Waals surface area (Å²) >= 11 is 5.19. The summed E-state index contributed by atoms with van der Waals surface area (Å²) in [5, 5.41) is 0. The number of nitrogens with zero attached hydrogens (tertiary/aromatic N) is 3. The highest BCUT2D eigenvalue weighted by Crippen LogP contribution is 2.37. The molecule has 110 valence electrons. The molecule has 4 nitrogen and oxygen atoms in total. The van der Waals surface area contributed by atoms with Crippen LogP contribution in [0.15, 0.2) is 12.3 Å². The first-order chi connectivity index (χ1) is 9.37. The molecule has 20 heavy (non-hydrogen) atoms. The van der Waals surface area contributed by atoms with Crippen molar-refractivity contribution in [1.29, 1.82) is 0 Å². The van der Waals surface area contributed by atoms with Gasteiger partial charge in [-0.2, -0.15) is 0 Å². The van der Waals surface area contributed by atoms with Gasteiger partial charge in [-0.1, -0.05) is 12.2 Å². The topological polar surface area (TPSA) is 45.4 Å². The molecule has 0 aromatic carbocycles. The van der Waals surface area contributed by atoms with E-state index in [9.17, 15) is 0 Å². The summed E-state index contributed by atoms with van der Waals surface area (Å²) in [6.07, 6.45) is 5.60. The Hall–Kier alpha value is -1.20. The van der Waals surface area contributed by atoms with Crippen LogP contribution in [0.2, 0.25) is 0 Å². The van der Waals surface area contributed by atoms with Gasteiger partial charge in [0.15, 0.2) is 0 Å². The van der Waals surface area contributed by atoms with Gasteiger partial charge >= 0.3 is 0 Å². The maximum Gasteiger partial charge on any atom is 0.138 e. The third-order valence-corrected chi connectivity index (χ3v) is 4.72. The Bertz CT molecular complexity index is 509.